The Morgan fingerprint density at radius 2 is 2.26 bits per heavy atom. The number of nitrogens with one attached hydrogen (secondary N) is 1. The summed E-state index contributed by atoms with van der Waals surface area (Å²) in [5.74, 6) is 2.87. The molecule has 1 aliphatic heterocycles. The third kappa shape index (κ3) is 5.45. The molecule has 5 nitrogen and oxygen atoms in total. The molecule has 1 aliphatic rings. The maximum Gasteiger partial charge on any atom is 0.220 e. The maximum absolute atomic E-state index is 12.6. The summed E-state index contributed by atoms with van der Waals surface area (Å²) in [5, 5.41) is 3.94. The van der Waals surface area contributed by atoms with Crippen LogP contribution in [0.3, 0.4) is 0 Å². The van der Waals surface area contributed by atoms with Gasteiger partial charge < -0.3 is 14.6 Å². The van der Waals surface area contributed by atoms with Crippen molar-refractivity contribution in [3.8, 4) is 5.75 Å². The van der Waals surface area contributed by atoms with E-state index in [1.807, 2.05) is 63.7 Å². The minimum atomic E-state index is -0.324. The number of carbonyl (C=O) groups is 1. The van der Waals surface area contributed by atoms with Crippen molar-refractivity contribution in [1.29, 1.82) is 0 Å². The molecule has 1 aromatic carbocycles. The zero-order valence-electron chi connectivity index (χ0n) is 15.9. The molecule has 0 spiro atoms. The summed E-state index contributed by atoms with van der Waals surface area (Å²) in [4.78, 5) is 17.1. The van der Waals surface area contributed by atoms with Gasteiger partial charge in [0.05, 0.1) is 7.11 Å². The predicted octanol–water partition coefficient (Wildman–Crippen LogP) is 4.35. The van der Waals surface area contributed by atoms with Crippen LogP contribution >= 0.6 is 21.6 Å². The van der Waals surface area contributed by atoms with Crippen LogP contribution in [0.4, 0.5) is 0 Å². The lowest BCUT2D eigenvalue weighted by molar-refractivity contribution is -0.121. The van der Waals surface area contributed by atoms with Crippen LogP contribution in [0.2, 0.25) is 0 Å². The lowest BCUT2D eigenvalue weighted by Crippen LogP contribution is -2.31. The van der Waals surface area contributed by atoms with Gasteiger partial charge in [-0.2, -0.15) is 0 Å². The summed E-state index contributed by atoms with van der Waals surface area (Å²) in [7, 11) is 7.56. The highest BCUT2D eigenvalue weighted by molar-refractivity contribution is 8.77. The highest BCUT2D eigenvalue weighted by Gasteiger charge is 2.23. The second-order valence-corrected chi connectivity index (χ2v) is 9.50. The zero-order valence-corrected chi connectivity index (χ0v) is 17.5. The van der Waals surface area contributed by atoms with E-state index in [0.717, 1.165) is 35.2 Å². The van der Waals surface area contributed by atoms with Gasteiger partial charge in [-0.15, -0.1) is 0 Å². The van der Waals surface area contributed by atoms with Gasteiger partial charge >= 0.3 is 0 Å². The Morgan fingerprint density at radius 3 is 2.96 bits per heavy atom. The lowest BCUT2D eigenvalue weighted by Gasteiger charge is -2.21. The summed E-state index contributed by atoms with van der Waals surface area (Å²) >= 11 is 0. The number of methoxy groups -OCH3 is 1. The standard InChI is InChI=1S/C20H27N3O2S2/c1-23-13-12-21-20(23)19(16-8-4-5-9-17(16)25-2)22-18(24)10-6-3-7-15-11-14-26-27-15/h4-5,8-9,12-13,15,19H,3,6-7,10-11,14H2,1-2H3,(H,22,24). The summed E-state index contributed by atoms with van der Waals surface area (Å²) < 4.78 is 7.45. The van der Waals surface area contributed by atoms with Gasteiger partial charge in [0.1, 0.15) is 17.6 Å². The van der Waals surface area contributed by atoms with E-state index in [9.17, 15) is 4.79 Å². The van der Waals surface area contributed by atoms with Crippen molar-refractivity contribution in [3.63, 3.8) is 0 Å². The van der Waals surface area contributed by atoms with E-state index in [4.69, 9.17) is 4.74 Å². The van der Waals surface area contributed by atoms with E-state index in [0.29, 0.717) is 6.42 Å². The number of nitrogens with zero attached hydrogens (tertiary/aromatic N) is 2. The van der Waals surface area contributed by atoms with Crippen molar-refractivity contribution in [2.75, 3.05) is 12.9 Å². The maximum atomic E-state index is 12.6. The van der Waals surface area contributed by atoms with Crippen LogP contribution in [0, 0.1) is 0 Å². The van der Waals surface area contributed by atoms with Gasteiger partial charge in [0, 0.05) is 42.4 Å². The summed E-state index contributed by atoms with van der Waals surface area (Å²) in [6, 6.07) is 7.45. The Bertz CT molecular complexity index is 744. The number of para-hydroxylation sites is 1. The van der Waals surface area contributed by atoms with Gasteiger partial charge in [-0.05, 0) is 25.3 Å². The van der Waals surface area contributed by atoms with E-state index < -0.39 is 0 Å². The average Bonchev–Trinajstić information content (AvgIpc) is 3.35. The molecule has 0 bridgehead atoms. The predicted molar refractivity (Wildman–Crippen MR) is 113 cm³/mol. The van der Waals surface area contributed by atoms with Crippen LogP contribution in [0.1, 0.15) is 49.5 Å². The molecule has 0 aliphatic carbocycles. The van der Waals surface area contributed by atoms with E-state index in [1.54, 1.807) is 13.3 Å². The molecule has 0 saturated carbocycles. The first kappa shape index (κ1) is 20.1. The molecule has 7 heteroatoms. The first-order chi connectivity index (χ1) is 13.2. The normalized spacial score (nSPS) is 17.6. The minimum absolute atomic E-state index is 0.0577. The van der Waals surface area contributed by atoms with Gasteiger partial charge in [0.25, 0.3) is 0 Å². The molecule has 27 heavy (non-hydrogen) atoms. The molecule has 3 rings (SSSR count). The van der Waals surface area contributed by atoms with Crippen LogP contribution in [0.25, 0.3) is 0 Å². The molecular formula is C20H27N3O2S2. The number of ether oxygens (including phenoxy) is 1. The minimum Gasteiger partial charge on any atom is -0.496 e. The van der Waals surface area contributed by atoms with Crippen LogP contribution < -0.4 is 10.1 Å². The van der Waals surface area contributed by atoms with Gasteiger partial charge in [-0.1, -0.05) is 46.2 Å². The van der Waals surface area contributed by atoms with Gasteiger partial charge in [-0.3, -0.25) is 4.79 Å². The Hall–Kier alpha value is -1.60. The van der Waals surface area contributed by atoms with Crippen molar-refractivity contribution in [2.24, 2.45) is 7.05 Å². The van der Waals surface area contributed by atoms with Crippen molar-refractivity contribution in [3.05, 3.63) is 48.0 Å². The number of rotatable bonds is 9. The monoisotopic (exact) mass is 405 g/mol. The second-order valence-electron chi connectivity index (χ2n) is 6.71. The van der Waals surface area contributed by atoms with Crippen LogP contribution in [-0.2, 0) is 11.8 Å². The Kier molecular flexibility index (Phi) is 7.52. The number of aryl methyl sites for hydroxylation is 1. The van der Waals surface area contributed by atoms with Crippen LogP contribution in [0.5, 0.6) is 5.75 Å². The quantitative estimate of drug-likeness (QED) is 0.496. The molecule has 1 N–H and O–H groups in total. The van der Waals surface area contributed by atoms with Gasteiger partial charge in [-0.25, -0.2) is 4.98 Å². The van der Waals surface area contributed by atoms with E-state index >= 15 is 0 Å². The van der Waals surface area contributed by atoms with E-state index in [-0.39, 0.29) is 11.9 Å². The fourth-order valence-corrected chi connectivity index (χ4v) is 6.32. The Labute approximate surface area is 169 Å². The molecule has 2 unspecified atom stereocenters. The van der Waals surface area contributed by atoms with Gasteiger partial charge in [0.2, 0.25) is 5.91 Å². The summed E-state index contributed by atoms with van der Waals surface area (Å²) in [6.45, 7) is 0. The molecule has 1 fully saturated rings. The van der Waals surface area contributed by atoms with E-state index in [2.05, 4.69) is 10.3 Å². The number of unbranched alkanes of at least 4 members (excludes halogenated alkanes) is 1. The molecule has 1 amide bonds. The zero-order chi connectivity index (χ0) is 19.1. The fraction of sp³-hybridized carbons (Fsp3) is 0.500. The van der Waals surface area contributed by atoms with Crippen LogP contribution in [0.15, 0.2) is 36.7 Å². The number of benzene rings is 1. The molecule has 2 aromatic rings. The molecule has 1 aromatic heterocycles. The topological polar surface area (TPSA) is 56.1 Å². The highest BCUT2D eigenvalue weighted by atomic mass is 33.1. The van der Waals surface area contributed by atoms with Crippen molar-refractivity contribution < 1.29 is 9.53 Å². The fourth-order valence-electron chi connectivity index (χ4n) is 3.30. The number of imidazole rings is 1. The van der Waals surface area contributed by atoms with E-state index in [1.165, 1.54) is 18.6 Å². The number of hydrogen-bond acceptors (Lipinski definition) is 5. The highest BCUT2D eigenvalue weighted by Crippen LogP contribution is 2.39. The number of carbonyl (C=O) groups excluding carboxylic acids is 1. The summed E-state index contributed by atoms with van der Waals surface area (Å²) in [6.07, 6.45) is 8.72. The molecular weight excluding hydrogens is 378 g/mol. The first-order valence-electron chi connectivity index (χ1n) is 9.37. The number of hydrogen-bond donors (Lipinski definition) is 1. The third-order valence-electron chi connectivity index (χ3n) is 4.78. The number of amides is 1. The Balaban J connectivity index is 1.63. The first-order valence-corrected chi connectivity index (χ1v) is 11.7. The third-order valence-corrected chi connectivity index (χ3v) is 7.79. The van der Waals surface area contributed by atoms with Crippen molar-refractivity contribution in [2.45, 2.75) is 43.4 Å². The second kappa shape index (κ2) is 10.1. The number of aromatic nitrogens is 2. The molecule has 2 atom stereocenters. The molecule has 2 heterocycles. The van der Waals surface area contributed by atoms with Crippen LogP contribution in [-0.4, -0.2) is 33.6 Å². The SMILES string of the molecule is COc1ccccc1C(NC(=O)CCCCC1CCSS1)c1nccn1C. The van der Waals surface area contributed by atoms with Gasteiger partial charge in [0.15, 0.2) is 0 Å². The summed E-state index contributed by atoms with van der Waals surface area (Å²) in [5.41, 5.74) is 0.919. The van der Waals surface area contributed by atoms with Crippen molar-refractivity contribution >= 4 is 27.5 Å². The lowest BCUT2D eigenvalue weighted by atomic mass is 10.0. The molecule has 0 radical (unpaired) electrons. The van der Waals surface area contributed by atoms with Crippen molar-refractivity contribution in [1.82, 2.24) is 14.9 Å². The average molecular weight is 406 g/mol. The smallest absolute Gasteiger partial charge is 0.220 e. The Morgan fingerprint density at radius 1 is 1.41 bits per heavy atom. The molecule has 146 valence electrons. The molecule has 1 saturated heterocycles. The largest absolute Gasteiger partial charge is 0.496 e.